The van der Waals surface area contributed by atoms with Gasteiger partial charge >= 0.3 is 0 Å². The molecule has 3 unspecified atom stereocenters. The van der Waals surface area contributed by atoms with Crippen LogP contribution in [0.15, 0.2) is 18.2 Å². The van der Waals surface area contributed by atoms with E-state index in [9.17, 15) is 14.4 Å². The number of methoxy groups -OCH3 is 1. The minimum Gasteiger partial charge on any atom is -0.382 e. The van der Waals surface area contributed by atoms with Crippen molar-refractivity contribution in [3.05, 3.63) is 33.8 Å². The fraction of sp³-hybridized carbons (Fsp3) is 0.679. The number of carbonyl (C=O) groups is 3. The highest BCUT2D eigenvalue weighted by Crippen LogP contribution is 2.40. The second kappa shape index (κ2) is 14.1. The summed E-state index contributed by atoms with van der Waals surface area (Å²) in [4.78, 5) is 44.0. The number of ether oxygens (including phenoxy) is 2. The van der Waals surface area contributed by atoms with Gasteiger partial charge in [-0.2, -0.15) is 0 Å². The molecule has 2 saturated heterocycles. The smallest absolute Gasteiger partial charge is 0.248 e. The molecule has 1 aromatic rings. The number of benzene rings is 1. The van der Waals surface area contributed by atoms with Crippen LogP contribution in [0.25, 0.3) is 0 Å². The van der Waals surface area contributed by atoms with Crippen molar-refractivity contribution in [1.82, 2.24) is 20.0 Å². The Kier molecular flexibility index (Phi) is 10.9. The molecule has 1 saturated carbocycles. The van der Waals surface area contributed by atoms with Gasteiger partial charge in [0.25, 0.3) is 0 Å². The Balaban J connectivity index is 1.25. The fourth-order valence-corrected chi connectivity index (χ4v) is 6.44. The van der Waals surface area contributed by atoms with E-state index in [2.05, 4.69) is 5.32 Å². The van der Waals surface area contributed by atoms with Crippen molar-refractivity contribution in [3.8, 4) is 0 Å². The first-order valence-corrected chi connectivity index (χ1v) is 14.6. The Hall–Kier alpha value is -1.91. The summed E-state index contributed by atoms with van der Waals surface area (Å²) >= 11 is 12.1. The van der Waals surface area contributed by atoms with Gasteiger partial charge in [0.1, 0.15) is 13.2 Å². The maximum Gasteiger partial charge on any atom is 0.248 e. The van der Waals surface area contributed by atoms with E-state index in [1.165, 1.54) is 0 Å². The molecule has 1 aromatic carbocycles. The molecule has 0 spiro atoms. The predicted molar refractivity (Wildman–Crippen MR) is 149 cm³/mol. The number of halogens is 2. The van der Waals surface area contributed by atoms with E-state index in [0.29, 0.717) is 48.3 Å². The third kappa shape index (κ3) is 7.85. The molecule has 0 bridgehead atoms. The van der Waals surface area contributed by atoms with E-state index in [1.807, 2.05) is 11.0 Å². The SMILES string of the molecule is COCCOCC(=O)N1CCC(C2CCC3NCN(CC(=O)N(C)Cc4ccc(Cl)c(Cl)c4)C(=O)C3C2)CC1. The lowest BCUT2D eigenvalue weighted by molar-refractivity contribution is -0.148. The highest BCUT2D eigenvalue weighted by Gasteiger charge is 2.43. The summed E-state index contributed by atoms with van der Waals surface area (Å²) in [5.74, 6) is 0.835. The van der Waals surface area contributed by atoms with Crippen LogP contribution in [0.3, 0.4) is 0 Å². The number of amides is 3. The summed E-state index contributed by atoms with van der Waals surface area (Å²) in [6, 6.07) is 5.48. The van der Waals surface area contributed by atoms with Crippen molar-refractivity contribution in [2.24, 2.45) is 17.8 Å². The number of piperidine rings is 1. The first-order chi connectivity index (χ1) is 18.8. The van der Waals surface area contributed by atoms with Gasteiger partial charge in [0.15, 0.2) is 0 Å². The largest absolute Gasteiger partial charge is 0.382 e. The molecule has 9 nitrogen and oxygen atoms in total. The molecule has 3 fully saturated rings. The highest BCUT2D eigenvalue weighted by atomic mass is 35.5. The monoisotopic (exact) mass is 582 g/mol. The molecule has 2 heterocycles. The molecule has 3 aliphatic rings. The van der Waals surface area contributed by atoms with E-state index < -0.39 is 0 Å². The van der Waals surface area contributed by atoms with Crippen LogP contribution >= 0.6 is 23.2 Å². The number of likely N-dealkylation sites (tertiary alicyclic amines) is 1. The van der Waals surface area contributed by atoms with Crippen LogP contribution in [-0.4, -0.2) is 98.7 Å². The molecule has 3 amide bonds. The Morgan fingerprint density at radius 3 is 2.56 bits per heavy atom. The van der Waals surface area contributed by atoms with Gasteiger partial charge in [-0.1, -0.05) is 29.3 Å². The van der Waals surface area contributed by atoms with Crippen LogP contribution in [0.1, 0.15) is 37.7 Å². The summed E-state index contributed by atoms with van der Waals surface area (Å²) in [7, 11) is 3.34. The van der Waals surface area contributed by atoms with E-state index in [1.54, 1.807) is 36.1 Å². The quantitative estimate of drug-likeness (QED) is 0.426. The number of rotatable bonds is 10. The molecule has 216 valence electrons. The molecular weight excluding hydrogens is 543 g/mol. The van der Waals surface area contributed by atoms with Crippen LogP contribution in [0.5, 0.6) is 0 Å². The zero-order chi connectivity index (χ0) is 27.9. The van der Waals surface area contributed by atoms with Gasteiger partial charge in [0.05, 0.1) is 35.8 Å². The van der Waals surface area contributed by atoms with Crippen LogP contribution < -0.4 is 5.32 Å². The van der Waals surface area contributed by atoms with Gasteiger partial charge in [-0.15, -0.1) is 0 Å². The maximum absolute atomic E-state index is 13.5. The molecule has 0 aromatic heterocycles. The van der Waals surface area contributed by atoms with Crippen LogP contribution in [0, 0.1) is 17.8 Å². The van der Waals surface area contributed by atoms with E-state index in [0.717, 1.165) is 50.8 Å². The lowest BCUT2D eigenvalue weighted by atomic mass is 9.69. The highest BCUT2D eigenvalue weighted by molar-refractivity contribution is 6.42. The number of likely N-dealkylation sites (N-methyl/N-ethyl adjacent to an activating group) is 1. The van der Waals surface area contributed by atoms with E-state index in [-0.39, 0.29) is 42.8 Å². The second-order valence-corrected chi connectivity index (χ2v) is 11.8. The van der Waals surface area contributed by atoms with Crippen molar-refractivity contribution >= 4 is 40.9 Å². The summed E-state index contributed by atoms with van der Waals surface area (Å²) in [6.45, 7) is 3.29. The van der Waals surface area contributed by atoms with Gasteiger partial charge in [0.2, 0.25) is 17.7 Å². The second-order valence-electron chi connectivity index (χ2n) is 10.9. The van der Waals surface area contributed by atoms with Crippen LogP contribution in [-0.2, 0) is 30.4 Å². The number of fused-ring (bicyclic) bond motifs is 1. The van der Waals surface area contributed by atoms with Crippen molar-refractivity contribution in [1.29, 1.82) is 0 Å². The zero-order valence-electron chi connectivity index (χ0n) is 22.9. The van der Waals surface area contributed by atoms with Crippen LogP contribution in [0.2, 0.25) is 10.0 Å². The number of hydrogen-bond acceptors (Lipinski definition) is 6. The van der Waals surface area contributed by atoms with Gasteiger partial charge in [-0.25, -0.2) is 0 Å². The Morgan fingerprint density at radius 1 is 1.08 bits per heavy atom. The molecule has 4 rings (SSSR count). The van der Waals surface area contributed by atoms with E-state index in [4.69, 9.17) is 32.7 Å². The fourth-order valence-electron chi connectivity index (χ4n) is 6.12. The van der Waals surface area contributed by atoms with Gasteiger partial charge < -0.3 is 24.2 Å². The number of hydrogen-bond donors (Lipinski definition) is 1. The zero-order valence-corrected chi connectivity index (χ0v) is 24.4. The molecule has 39 heavy (non-hydrogen) atoms. The van der Waals surface area contributed by atoms with Crippen LogP contribution in [0.4, 0.5) is 0 Å². The number of carbonyl (C=O) groups excluding carboxylic acids is 3. The molecule has 0 radical (unpaired) electrons. The average Bonchev–Trinajstić information content (AvgIpc) is 2.94. The topological polar surface area (TPSA) is 91.4 Å². The molecular formula is C28H40Cl2N4O5. The Morgan fingerprint density at radius 2 is 1.85 bits per heavy atom. The molecule has 1 N–H and O–H groups in total. The Bertz CT molecular complexity index is 1020. The summed E-state index contributed by atoms with van der Waals surface area (Å²) in [5, 5.41) is 4.44. The molecule has 3 atom stereocenters. The number of nitrogens with one attached hydrogen (secondary N) is 1. The summed E-state index contributed by atoms with van der Waals surface area (Å²) < 4.78 is 10.3. The molecule has 2 aliphatic heterocycles. The van der Waals surface area contributed by atoms with Gasteiger partial charge in [-0.05, 0) is 61.6 Å². The van der Waals surface area contributed by atoms with Crippen molar-refractivity contribution < 1.29 is 23.9 Å². The normalized spacial score (nSPS) is 24.0. The van der Waals surface area contributed by atoms with Gasteiger partial charge in [-0.3, -0.25) is 19.7 Å². The molecule has 11 heteroatoms. The lowest BCUT2D eigenvalue weighted by Gasteiger charge is -2.46. The first kappa shape index (κ1) is 30.1. The van der Waals surface area contributed by atoms with E-state index >= 15 is 0 Å². The minimum absolute atomic E-state index is 0.0318. The summed E-state index contributed by atoms with van der Waals surface area (Å²) in [5.41, 5.74) is 0.880. The Labute approximate surface area is 241 Å². The van der Waals surface area contributed by atoms with Crippen molar-refractivity contribution in [2.45, 2.75) is 44.7 Å². The van der Waals surface area contributed by atoms with Crippen molar-refractivity contribution in [2.75, 3.05) is 60.3 Å². The summed E-state index contributed by atoms with van der Waals surface area (Å²) in [6.07, 6.45) is 4.79. The molecule has 1 aliphatic carbocycles. The standard InChI is InChI=1S/C28H40Cl2N4O5/c1-32(15-19-3-5-23(29)24(30)13-19)26(35)16-34-18-31-25-6-4-21(14-22(25)28(34)37)20-7-9-33(10-8-20)27(36)17-39-12-11-38-2/h3,5,13,20-22,25,31H,4,6-12,14-18H2,1-2H3. The van der Waals surface area contributed by atoms with Gasteiger partial charge in [0, 0.05) is 39.8 Å². The predicted octanol–water partition coefficient (Wildman–Crippen LogP) is 3.03. The average molecular weight is 584 g/mol. The third-order valence-corrected chi connectivity index (χ3v) is 9.18. The van der Waals surface area contributed by atoms with Crippen molar-refractivity contribution in [3.63, 3.8) is 0 Å². The third-order valence-electron chi connectivity index (χ3n) is 8.44. The first-order valence-electron chi connectivity index (χ1n) is 13.8. The maximum atomic E-state index is 13.5. The minimum atomic E-state index is -0.120. The lowest BCUT2D eigenvalue weighted by Crippen LogP contribution is -2.60. The number of nitrogens with zero attached hydrogens (tertiary/aromatic N) is 3.